The van der Waals surface area contributed by atoms with Crippen LogP contribution in [-0.4, -0.2) is 150 Å². The van der Waals surface area contributed by atoms with Crippen LogP contribution < -0.4 is 15.1 Å². The molecule has 4 aromatic rings. The Hall–Kier alpha value is -6.03. The number of imidazole rings is 1. The molecule has 5 fully saturated rings. The molecule has 6 heterocycles. The summed E-state index contributed by atoms with van der Waals surface area (Å²) in [6, 6.07) is 14.4. The maximum atomic E-state index is 16.9. The second kappa shape index (κ2) is 24.8. The van der Waals surface area contributed by atoms with Gasteiger partial charge in [-0.3, -0.25) is 19.2 Å². The minimum Gasteiger partial charge on any atom is -0.469 e. The molecule has 5 aliphatic heterocycles. The van der Waals surface area contributed by atoms with Crippen LogP contribution in [0.5, 0.6) is 0 Å². The number of likely N-dealkylation sites (tertiary alicyclic amines) is 2. The van der Waals surface area contributed by atoms with Gasteiger partial charge in [0.2, 0.25) is 11.8 Å². The van der Waals surface area contributed by atoms with Crippen molar-refractivity contribution >= 4 is 60.1 Å². The van der Waals surface area contributed by atoms with Gasteiger partial charge < -0.3 is 53.6 Å². The van der Waals surface area contributed by atoms with Crippen LogP contribution >= 0.6 is 0 Å². The van der Waals surface area contributed by atoms with Crippen molar-refractivity contribution in [2.45, 2.75) is 138 Å². The summed E-state index contributed by atoms with van der Waals surface area (Å²) >= 11 is 0. The number of nitrogens with zero attached hydrogens (tertiary/aromatic N) is 5. The first kappa shape index (κ1) is 57.6. The summed E-state index contributed by atoms with van der Waals surface area (Å²) in [5.74, 6) is -3.91. The molecule has 0 radical (unpaired) electrons. The highest BCUT2D eigenvalue weighted by Gasteiger charge is 2.45. The van der Waals surface area contributed by atoms with E-state index in [4.69, 9.17) is 28.7 Å². The molecule has 17 nitrogen and oxygen atoms in total. The van der Waals surface area contributed by atoms with Crippen molar-refractivity contribution in [2.24, 2.45) is 11.8 Å². The normalized spacial score (nSPS) is 23.5. The van der Waals surface area contributed by atoms with Crippen LogP contribution in [0.1, 0.15) is 106 Å². The van der Waals surface area contributed by atoms with E-state index < -0.39 is 85.9 Å². The number of anilines is 2. The summed E-state index contributed by atoms with van der Waals surface area (Å²) in [4.78, 5) is 82.3. The van der Waals surface area contributed by atoms with E-state index in [9.17, 15) is 24.0 Å². The number of hydrogen-bond donors (Lipinski definition) is 2. The summed E-state index contributed by atoms with van der Waals surface area (Å²) < 4.78 is 76.6. The van der Waals surface area contributed by atoms with Gasteiger partial charge in [-0.2, -0.15) is 0 Å². The highest BCUT2D eigenvalue weighted by Crippen LogP contribution is 2.50. The number of aromatic nitrogens is 2. The number of esters is 1. The fourth-order valence-corrected chi connectivity index (χ4v) is 18.4. The minimum absolute atomic E-state index is 0.00629. The van der Waals surface area contributed by atoms with Gasteiger partial charge in [0.1, 0.15) is 23.4 Å². The molecule has 0 unspecified atom stereocenters. The Labute approximate surface area is 461 Å². The van der Waals surface area contributed by atoms with Crippen molar-refractivity contribution in [3.8, 4) is 0 Å². The fraction of sp³-hybridized carbons (Fsp3) is 0.586. The molecule has 0 aliphatic carbocycles. The largest absolute Gasteiger partial charge is 0.469 e. The number of aromatic amines is 1. The van der Waals surface area contributed by atoms with Crippen LogP contribution in [0.25, 0.3) is 11.0 Å². The van der Waals surface area contributed by atoms with Crippen LogP contribution in [0.4, 0.5) is 29.3 Å². The van der Waals surface area contributed by atoms with E-state index in [1.807, 2.05) is 34.1 Å². The van der Waals surface area contributed by atoms with Gasteiger partial charge in [0.25, 0.3) is 0 Å². The van der Waals surface area contributed by atoms with E-state index in [0.717, 1.165) is 17.7 Å². The summed E-state index contributed by atoms with van der Waals surface area (Å²) in [7, 11) is 5.56. The number of carbonyl (C=O) groups excluding carboxylic acids is 5. The lowest BCUT2D eigenvalue weighted by atomic mass is 9.95. The number of Topliss-reactive ketones (excluding diaryl/α,β-unsaturated/α-hetero) is 1. The molecule has 1 aromatic heterocycles. The van der Waals surface area contributed by atoms with Gasteiger partial charge in [-0.25, -0.2) is 22.9 Å². The number of methoxy groups -OCH3 is 5. The number of ketones is 1. The molecule has 428 valence electrons. The van der Waals surface area contributed by atoms with Crippen molar-refractivity contribution in [1.82, 2.24) is 25.1 Å². The first-order valence-corrected chi connectivity index (χ1v) is 30.7. The SMILES string of the molecule is COC[C@H]1C[C@@H](C(=O)Cc2ccc([C@H]3CC[C@H](c4cc5[nH]c([C@@H]6CCCN6C(=O)[C@@H](NC(=O)OC)[C@@H](C)OC)nc5cc4F)N3c3cc(F)c(N4CC[Si]5(CCCC5)CC4)c(F)c3)cc2)N(C(=O)[C@@H](CC(=O)OC)[C@@H](C)OC)C1. The van der Waals surface area contributed by atoms with E-state index in [2.05, 4.69) is 10.3 Å². The molecule has 5 saturated heterocycles. The third kappa shape index (κ3) is 12.1. The minimum atomic E-state index is -1.40. The van der Waals surface area contributed by atoms with Crippen LogP contribution in [-0.2, 0) is 49.3 Å². The number of ether oxygens (including phenoxy) is 5. The first-order valence-electron chi connectivity index (χ1n) is 27.9. The Morgan fingerprint density at radius 3 is 2.09 bits per heavy atom. The number of fused-ring (bicyclic) bond motifs is 1. The number of nitrogens with one attached hydrogen (secondary N) is 2. The standard InChI is InChI=1S/C58H76F3N7O10Si/c1-34(75-4)40(30-52(70)77-6)56(71)67-32-37(33-74-3)25-50(67)51(69)26-36-12-14-38(15-13-36)47-16-17-48(68(47)39-27-43(60)54(44(61)28-39)65-19-23-79(24-20-65)21-8-9-22-79)41-29-45-46(31-42(41)59)63-55(62-45)49-11-10-18-66(49)57(72)53(35(2)76-5)64-58(73)78-7/h12-15,27-29,31,34-35,37,40,47-50,53H,8-11,16-26,30,32-33H2,1-7H3,(H,62,63)(H,64,73)/t34-,35-,37+,40+,47-,48-,49+,50+,53+/m1/s1. The lowest BCUT2D eigenvalue weighted by molar-refractivity contribution is -0.152. The molecule has 3 amide bonds. The Bertz CT molecular complexity index is 2840. The zero-order valence-corrected chi connectivity index (χ0v) is 47.5. The third-order valence-corrected chi connectivity index (χ3v) is 23.3. The van der Waals surface area contributed by atoms with Gasteiger partial charge in [-0.1, -0.05) is 49.2 Å². The lowest BCUT2D eigenvalue weighted by Crippen LogP contribution is -2.54. The predicted molar refractivity (Wildman–Crippen MR) is 293 cm³/mol. The average molecular weight is 1120 g/mol. The van der Waals surface area contributed by atoms with Gasteiger partial charge in [0, 0.05) is 77.2 Å². The molecule has 2 N–H and O–H groups in total. The van der Waals surface area contributed by atoms with Crippen molar-refractivity contribution < 1.29 is 60.8 Å². The molecule has 9 atom stereocenters. The third-order valence-electron chi connectivity index (χ3n) is 17.9. The average Bonchev–Trinajstić information content (AvgIpc) is 4.54. The predicted octanol–water partition coefficient (Wildman–Crippen LogP) is 8.74. The van der Waals surface area contributed by atoms with E-state index in [-0.39, 0.29) is 54.3 Å². The highest BCUT2D eigenvalue weighted by molar-refractivity contribution is 6.80. The molecule has 0 bridgehead atoms. The lowest BCUT2D eigenvalue weighted by Gasteiger charge is -2.39. The summed E-state index contributed by atoms with van der Waals surface area (Å²) in [6.45, 7) is 5.64. The van der Waals surface area contributed by atoms with E-state index in [1.54, 1.807) is 36.8 Å². The van der Waals surface area contributed by atoms with Crippen LogP contribution in [0.2, 0.25) is 24.2 Å². The number of amides is 3. The van der Waals surface area contributed by atoms with E-state index in [0.29, 0.717) is 86.3 Å². The Balaban J connectivity index is 1.01. The molecule has 3 aromatic carbocycles. The van der Waals surface area contributed by atoms with Crippen molar-refractivity contribution in [2.75, 3.05) is 78.1 Å². The number of hydrogen-bond acceptors (Lipinski definition) is 13. The van der Waals surface area contributed by atoms with Crippen molar-refractivity contribution in [1.29, 1.82) is 0 Å². The molecule has 9 rings (SSSR count). The topological polar surface area (TPSA) is 185 Å². The Kier molecular flexibility index (Phi) is 18.1. The second-order valence-corrected chi connectivity index (χ2v) is 27.5. The maximum Gasteiger partial charge on any atom is 0.407 e. The molecule has 21 heteroatoms. The van der Waals surface area contributed by atoms with Gasteiger partial charge in [-0.15, -0.1) is 0 Å². The van der Waals surface area contributed by atoms with E-state index >= 15 is 13.2 Å². The zero-order valence-electron chi connectivity index (χ0n) is 46.5. The Morgan fingerprint density at radius 2 is 1.44 bits per heavy atom. The quantitative estimate of drug-likeness (QED) is 0.0672. The van der Waals surface area contributed by atoms with Gasteiger partial charge in [0.15, 0.2) is 17.4 Å². The number of alkyl carbamates (subject to hydrolysis) is 1. The van der Waals surface area contributed by atoms with Crippen LogP contribution in [0.15, 0.2) is 48.5 Å². The number of carbonyl (C=O) groups is 5. The number of rotatable bonds is 19. The summed E-state index contributed by atoms with van der Waals surface area (Å²) in [5, 5.41) is 2.60. The molecule has 0 saturated carbocycles. The van der Waals surface area contributed by atoms with Crippen molar-refractivity contribution in [3.05, 3.63) is 88.5 Å². The first-order chi connectivity index (χ1) is 38.0. The van der Waals surface area contributed by atoms with Gasteiger partial charge in [0.05, 0.1) is 88.6 Å². The molecule has 79 heavy (non-hydrogen) atoms. The summed E-state index contributed by atoms with van der Waals surface area (Å²) in [5.41, 5.74) is 2.87. The number of H-pyrrole nitrogens is 1. The van der Waals surface area contributed by atoms with Crippen LogP contribution in [0.3, 0.4) is 0 Å². The Morgan fingerprint density at radius 1 is 0.759 bits per heavy atom. The molecular weight excluding hydrogens is 1040 g/mol. The van der Waals surface area contributed by atoms with E-state index in [1.165, 1.54) is 71.6 Å². The molecule has 1 spiro atoms. The number of halogens is 3. The van der Waals surface area contributed by atoms with Crippen LogP contribution in [0, 0.1) is 29.3 Å². The summed E-state index contributed by atoms with van der Waals surface area (Å²) in [6.07, 6.45) is 2.74. The zero-order chi connectivity index (χ0) is 56.3. The molecule has 5 aliphatic rings. The van der Waals surface area contributed by atoms with Gasteiger partial charge >= 0.3 is 12.1 Å². The van der Waals surface area contributed by atoms with Crippen molar-refractivity contribution in [3.63, 3.8) is 0 Å². The number of benzene rings is 3. The smallest absolute Gasteiger partial charge is 0.407 e. The second-order valence-electron chi connectivity index (χ2n) is 22.5. The monoisotopic (exact) mass is 1120 g/mol. The fourth-order valence-electron chi connectivity index (χ4n) is 13.4. The highest BCUT2D eigenvalue weighted by atomic mass is 28.3. The van der Waals surface area contributed by atoms with Gasteiger partial charge in [-0.05, 0) is 87.4 Å². The maximum absolute atomic E-state index is 16.9. The molecular formula is C58H76F3N7O10Si.